The van der Waals surface area contributed by atoms with Crippen molar-refractivity contribution in [1.82, 2.24) is 0 Å². The second kappa shape index (κ2) is 21.6. The molecule has 150 valence electrons. The Balaban J connectivity index is -0.0000000808. The molecule has 0 aromatic rings. The van der Waals surface area contributed by atoms with Gasteiger partial charge in [-0.15, -0.1) is 0 Å². The van der Waals surface area contributed by atoms with Crippen LogP contribution in [0.5, 0.6) is 0 Å². The number of carboxylic acid groups (broad SMARTS) is 5. The van der Waals surface area contributed by atoms with Gasteiger partial charge in [0, 0.05) is 0 Å². The number of nitrogens with two attached hydrogens (primary N) is 2. The second-order valence-electron chi connectivity index (χ2n) is 4.28. The number of carbonyl (C=O) groups is 5. The van der Waals surface area contributed by atoms with Gasteiger partial charge in [0.2, 0.25) is 0 Å². The van der Waals surface area contributed by atoms with Crippen molar-refractivity contribution in [3.63, 3.8) is 0 Å². The van der Waals surface area contributed by atoms with E-state index in [-0.39, 0.29) is 40.7 Å². The average Bonchev–Trinajstić information content (AvgIpc) is 2.47. The van der Waals surface area contributed by atoms with Crippen molar-refractivity contribution in [2.75, 3.05) is 6.54 Å². The molecule has 13 heteroatoms. The van der Waals surface area contributed by atoms with Gasteiger partial charge in [0.05, 0.1) is 24.9 Å². The monoisotopic (exact) mass is 402 g/mol. The van der Waals surface area contributed by atoms with Gasteiger partial charge in [-0.3, -0.25) is 14.4 Å². The van der Waals surface area contributed by atoms with Crippen LogP contribution in [0.2, 0.25) is 0 Å². The first-order chi connectivity index (χ1) is 11.6. The average molecular weight is 403 g/mol. The molecule has 0 heterocycles. The molecule has 0 aromatic heterocycles. The molecule has 1 atom stereocenters. The number of carboxylic acids is 5. The topological polar surface area (TPSA) is 244 Å². The van der Waals surface area contributed by atoms with Gasteiger partial charge in [0.15, 0.2) is 0 Å². The van der Waals surface area contributed by atoms with Crippen LogP contribution in [0.15, 0.2) is 24.3 Å². The molecule has 7 N–H and O–H groups in total. The van der Waals surface area contributed by atoms with Gasteiger partial charge in [0.1, 0.15) is 6.04 Å². The number of rotatable bonds is 6. The molecule has 0 saturated heterocycles. The third kappa shape index (κ3) is 45.2. The first-order valence-corrected chi connectivity index (χ1v) is 6.45. The summed E-state index contributed by atoms with van der Waals surface area (Å²) in [5.41, 5.74) is 9.54. The van der Waals surface area contributed by atoms with Gasteiger partial charge in [-0.25, -0.2) is 0 Å². The van der Waals surface area contributed by atoms with E-state index in [0.29, 0.717) is 0 Å². The molecule has 0 bridgehead atoms. The van der Waals surface area contributed by atoms with Crippen LogP contribution >= 0.6 is 0 Å². The fourth-order valence-corrected chi connectivity index (χ4v) is 0.275. The molecule has 1 unspecified atom stereocenters. The van der Waals surface area contributed by atoms with E-state index in [4.69, 9.17) is 21.1 Å². The van der Waals surface area contributed by atoms with E-state index < -0.39 is 42.3 Å². The molecule has 0 radical (unpaired) electrons. The maximum Gasteiger partial charge on any atom is 2.00 e. The van der Waals surface area contributed by atoms with Gasteiger partial charge in [-0.2, -0.15) is 0 Å². The molecule has 27 heavy (non-hydrogen) atoms. The Morgan fingerprint density at radius 3 is 1.15 bits per heavy atom. The summed E-state index contributed by atoms with van der Waals surface area (Å²) in [6.45, 7) is 8.68. The van der Waals surface area contributed by atoms with Crippen LogP contribution in [0.3, 0.4) is 0 Å². The zero-order chi connectivity index (χ0) is 22.0. The zero-order valence-electron chi connectivity index (χ0n) is 15.0. The smallest absolute Gasteiger partial charge is 0.545 e. The standard InChI is InChI=1S/C4H7NO4.2C4H6O2.C2H5NO2.Mg/c5-2(4(8)9)1-3(6)7;2*1-3(2)4(5)6;3-1-2(4)5;/h2H,1,5H2,(H,6,7)(H,8,9);2*1H2,2H3,(H,5,6);1,3H2,(H,4,5);/q;;;;+2/p-2. The summed E-state index contributed by atoms with van der Waals surface area (Å²) in [5, 5.41) is 42.6. The molecule has 0 aliphatic rings. The number of hydrogen-bond acceptors (Lipinski definition) is 9. The van der Waals surface area contributed by atoms with Crippen LogP contribution < -0.4 is 21.7 Å². The SMILES string of the molecule is C=C(C)C(=O)[O-].C=C(C)C(=O)[O-].NC(CC(=O)O)C(=O)O.NCC(=O)O.[Mg+2]. The van der Waals surface area contributed by atoms with Crippen molar-refractivity contribution in [2.24, 2.45) is 11.5 Å². The van der Waals surface area contributed by atoms with Gasteiger partial charge >= 0.3 is 41.0 Å². The van der Waals surface area contributed by atoms with Crippen molar-refractivity contribution < 1.29 is 49.5 Å². The Bertz CT molecular complexity index is 486. The van der Waals surface area contributed by atoms with Gasteiger partial charge in [0.25, 0.3) is 0 Å². The summed E-state index contributed by atoms with van der Waals surface area (Å²) in [5.74, 6) is -5.84. The summed E-state index contributed by atoms with van der Waals surface area (Å²) in [6, 6.07) is -1.29. The van der Waals surface area contributed by atoms with E-state index in [0.717, 1.165) is 0 Å². The summed E-state index contributed by atoms with van der Waals surface area (Å²) in [6.07, 6.45) is -0.532. The van der Waals surface area contributed by atoms with Crippen LogP contribution in [0.1, 0.15) is 20.3 Å². The Kier molecular flexibility index (Phi) is 28.4. The van der Waals surface area contributed by atoms with E-state index in [9.17, 15) is 34.2 Å². The summed E-state index contributed by atoms with van der Waals surface area (Å²) >= 11 is 0. The summed E-state index contributed by atoms with van der Waals surface area (Å²) in [4.78, 5) is 47.8. The van der Waals surface area contributed by atoms with E-state index in [1.807, 2.05) is 0 Å². The molecule has 0 saturated carbocycles. The van der Waals surface area contributed by atoms with Crippen molar-refractivity contribution in [3.8, 4) is 0 Å². The van der Waals surface area contributed by atoms with Crippen molar-refractivity contribution in [3.05, 3.63) is 24.3 Å². The molecule has 0 spiro atoms. The minimum atomic E-state index is -1.29. The Morgan fingerprint density at radius 1 is 0.889 bits per heavy atom. The van der Waals surface area contributed by atoms with Gasteiger partial charge in [-0.05, 0) is 25.0 Å². The van der Waals surface area contributed by atoms with E-state index >= 15 is 0 Å². The summed E-state index contributed by atoms with van der Waals surface area (Å²) < 4.78 is 0. The molecular formula is C14H22MgN2O10. The Labute approximate surface area is 171 Å². The second-order valence-corrected chi connectivity index (χ2v) is 4.28. The van der Waals surface area contributed by atoms with Crippen LogP contribution in [0.25, 0.3) is 0 Å². The predicted molar refractivity (Wildman–Crippen MR) is 90.0 cm³/mol. The first kappa shape index (κ1) is 35.6. The third-order valence-corrected chi connectivity index (χ3v) is 1.58. The fourth-order valence-electron chi connectivity index (χ4n) is 0.275. The van der Waals surface area contributed by atoms with E-state index in [1.54, 1.807) is 0 Å². The Hall–Kier alpha value is -2.48. The number of hydrogen-bond donors (Lipinski definition) is 5. The molecule has 0 amide bonds. The quantitative estimate of drug-likeness (QED) is 0.211. The molecule has 0 aromatic carbocycles. The zero-order valence-corrected chi connectivity index (χ0v) is 16.4. The molecule has 0 aliphatic carbocycles. The molecule has 0 fully saturated rings. The predicted octanol–water partition coefficient (Wildman–Crippen LogP) is -3.85. The van der Waals surface area contributed by atoms with Crippen LogP contribution in [-0.4, -0.2) is 80.8 Å². The van der Waals surface area contributed by atoms with Crippen molar-refractivity contribution in [1.29, 1.82) is 0 Å². The Morgan fingerprint density at radius 2 is 1.11 bits per heavy atom. The molecule has 0 aliphatic heterocycles. The molecular weight excluding hydrogens is 380 g/mol. The summed E-state index contributed by atoms with van der Waals surface area (Å²) in [7, 11) is 0. The number of carbonyl (C=O) groups excluding carboxylic acids is 2. The maximum atomic E-state index is 9.85. The molecule has 12 nitrogen and oxygen atoms in total. The number of aliphatic carboxylic acids is 5. The van der Waals surface area contributed by atoms with Crippen LogP contribution in [0.4, 0.5) is 0 Å². The first-order valence-electron chi connectivity index (χ1n) is 6.45. The minimum absolute atomic E-state index is 0. The minimum Gasteiger partial charge on any atom is -0.545 e. The van der Waals surface area contributed by atoms with E-state index in [2.05, 4.69) is 18.9 Å². The fraction of sp³-hybridized carbons (Fsp3) is 0.357. The van der Waals surface area contributed by atoms with Gasteiger partial charge in [-0.1, -0.05) is 13.2 Å². The van der Waals surface area contributed by atoms with Gasteiger partial charge < -0.3 is 46.6 Å². The van der Waals surface area contributed by atoms with Crippen LogP contribution in [0, 0.1) is 0 Å². The normalized spacial score (nSPS) is 8.89. The van der Waals surface area contributed by atoms with Crippen LogP contribution in [-0.2, 0) is 24.0 Å². The molecule has 0 rings (SSSR count). The van der Waals surface area contributed by atoms with Crippen molar-refractivity contribution >= 4 is 52.9 Å². The van der Waals surface area contributed by atoms with E-state index in [1.165, 1.54) is 13.8 Å². The third-order valence-electron chi connectivity index (χ3n) is 1.58. The van der Waals surface area contributed by atoms with Crippen molar-refractivity contribution in [2.45, 2.75) is 26.3 Å². The largest absolute Gasteiger partial charge is 2.00 e. The maximum absolute atomic E-state index is 9.85.